The van der Waals surface area contributed by atoms with Gasteiger partial charge in [-0.1, -0.05) is 111 Å². The summed E-state index contributed by atoms with van der Waals surface area (Å²) in [6.45, 7) is 19.4. The Morgan fingerprint density at radius 2 is 1.55 bits per heavy atom. The predicted octanol–water partition coefficient (Wildman–Crippen LogP) is 6.89. The van der Waals surface area contributed by atoms with Crippen LogP contribution in [0, 0.1) is 5.82 Å². The lowest BCUT2D eigenvalue weighted by Gasteiger charge is -2.06. The average Bonchev–Trinajstić information content (AvgIpc) is 3.17. The molecule has 0 nitrogen and oxygen atoms in total. The van der Waals surface area contributed by atoms with Crippen LogP contribution in [0.4, 0.5) is 4.39 Å². The Morgan fingerprint density at radius 1 is 0.909 bits per heavy atom. The first-order valence-corrected chi connectivity index (χ1v) is 11.8. The number of rotatable bonds is 7. The van der Waals surface area contributed by atoms with E-state index in [2.05, 4.69) is 13.2 Å². The fourth-order valence-electron chi connectivity index (χ4n) is 2.57. The summed E-state index contributed by atoms with van der Waals surface area (Å²) in [7, 11) is 17.3. The molecule has 1 heterocycles. The molecule has 0 unspecified atom stereocenters. The second-order valence-electron chi connectivity index (χ2n) is 6.52. The van der Waals surface area contributed by atoms with Gasteiger partial charge in [-0.05, 0) is 42.2 Å². The normalized spacial score (nSPS) is 12.2. The number of halogens is 1. The highest BCUT2D eigenvalue weighted by Gasteiger charge is 2.10. The zero-order valence-corrected chi connectivity index (χ0v) is 21.5. The van der Waals surface area contributed by atoms with Crippen molar-refractivity contribution in [2.45, 2.75) is 41.5 Å². The van der Waals surface area contributed by atoms with Crippen molar-refractivity contribution in [3.05, 3.63) is 102 Å². The maximum absolute atomic E-state index is 14.7. The third-order valence-corrected chi connectivity index (χ3v) is 5.44. The van der Waals surface area contributed by atoms with Crippen LogP contribution in [-0.4, -0.2) is 23.5 Å². The van der Waals surface area contributed by atoms with Crippen LogP contribution in [0.1, 0.15) is 47.1 Å². The minimum Gasteiger partial charge on any atom is -0.206 e. The fraction of sp³-hybridized carbons (Fsp3) is 0.214. The van der Waals surface area contributed by atoms with E-state index in [0.29, 0.717) is 26.2 Å². The quantitative estimate of drug-likeness (QED) is 0.317. The van der Waals surface area contributed by atoms with Crippen LogP contribution in [-0.2, 0) is 0 Å². The molecule has 1 aromatic carbocycles. The van der Waals surface area contributed by atoms with Crippen LogP contribution in [0.5, 0.6) is 0 Å². The van der Waals surface area contributed by atoms with Gasteiger partial charge in [0.15, 0.2) is 0 Å². The molecule has 0 saturated carbocycles. The molecule has 0 aliphatic carbocycles. The van der Waals surface area contributed by atoms with Crippen molar-refractivity contribution >= 4 is 50.7 Å². The van der Waals surface area contributed by atoms with Crippen molar-refractivity contribution in [2.24, 2.45) is 0 Å². The second kappa shape index (κ2) is 16.2. The number of benzene rings is 1. The second-order valence-corrected chi connectivity index (χ2v) is 7.60. The molecule has 2 aromatic rings. The lowest BCUT2D eigenvalue weighted by Crippen LogP contribution is -2.18. The molecule has 0 bridgehead atoms. The monoisotopic (exact) mass is 452 g/mol. The zero-order chi connectivity index (χ0) is 25.6. The molecule has 0 fully saturated rings. The van der Waals surface area contributed by atoms with Crippen LogP contribution >= 0.6 is 11.3 Å². The van der Waals surface area contributed by atoms with Crippen molar-refractivity contribution in [2.75, 3.05) is 0 Å². The molecule has 1 aromatic heterocycles. The Kier molecular flexibility index (Phi) is 14.9. The van der Waals surface area contributed by atoms with Gasteiger partial charge in [-0.2, -0.15) is 11.3 Å². The van der Waals surface area contributed by atoms with Crippen LogP contribution in [0.15, 0.2) is 90.5 Å². The third-order valence-electron chi connectivity index (χ3n) is 4.43. The fourth-order valence-corrected chi connectivity index (χ4v) is 3.44. The van der Waals surface area contributed by atoms with Crippen molar-refractivity contribution < 1.29 is 4.39 Å². The van der Waals surface area contributed by atoms with Crippen LogP contribution < -0.4 is 10.2 Å². The molecule has 33 heavy (non-hydrogen) atoms. The zero-order valence-electron chi connectivity index (χ0n) is 20.7. The molecule has 0 aliphatic rings. The largest absolute Gasteiger partial charge is 0.206 e. The smallest absolute Gasteiger partial charge is 0.132 e. The molecule has 2 rings (SSSR count). The first kappa shape index (κ1) is 30.5. The number of allylic oxidation sites excluding steroid dienone is 10. The van der Waals surface area contributed by atoms with E-state index in [1.54, 1.807) is 30.4 Å². The van der Waals surface area contributed by atoms with Gasteiger partial charge in [0.1, 0.15) is 29.4 Å². The van der Waals surface area contributed by atoms with Crippen molar-refractivity contribution in [1.29, 1.82) is 0 Å². The summed E-state index contributed by atoms with van der Waals surface area (Å²) < 4.78 is 15.2. The molecule has 0 amide bonds. The van der Waals surface area contributed by atoms with Crippen LogP contribution in [0.25, 0.3) is 16.0 Å². The molecule has 166 valence electrons. The lowest BCUT2D eigenvalue weighted by molar-refractivity contribution is 0.631. The summed E-state index contributed by atoms with van der Waals surface area (Å²) in [5, 5.41) is 0. The standard InChI is InChI=1S/C24H20B3FS.2C2H6/c1-5-17(15(3)8-11-19(25)6-2)9-7-16(4)18-10-12-20(22(28)13-18)23-14-21(26)24(27)29-23;2*1-2/h5-14H,1-2H2,3-4H3;2*1-2H3/b15-8+,16-7+,17-9+,19-11+;;. The van der Waals surface area contributed by atoms with E-state index < -0.39 is 0 Å². The van der Waals surface area contributed by atoms with Crippen molar-refractivity contribution in [3.63, 3.8) is 0 Å². The molecule has 0 saturated heterocycles. The van der Waals surface area contributed by atoms with E-state index in [-0.39, 0.29) is 5.82 Å². The van der Waals surface area contributed by atoms with Gasteiger partial charge in [0, 0.05) is 10.4 Å². The van der Waals surface area contributed by atoms with Gasteiger partial charge in [-0.25, -0.2) is 4.39 Å². The van der Waals surface area contributed by atoms with Gasteiger partial charge in [-0.3, -0.25) is 0 Å². The Labute approximate surface area is 208 Å². The summed E-state index contributed by atoms with van der Waals surface area (Å²) in [6, 6.07) is 6.85. The van der Waals surface area contributed by atoms with E-state index >= 15 is 0 Å². The lowest BCUT2D eigenvalue weighted by atomic mass is 9.88. The van der Waals surface area contributed by atoms with Gasteiger partial charge in [0.25, 0.3) is 0 Å². The Bertz CT molecular complexity index is 1030. The highest BCUT2D eigenvalue weighted by molar-refractivity contribution is 7.24. The molecule has 0 spiro atoms. The van der Waals surface area contributed by atoms with Crippen LogP contribution in [0.3, 0.4) is 0 Å². The van der Waals surface area contributed by atoms with Crippen LogP contribution in [0.2, 0.25) is 0 Å². The topological polar surface area (TPSA) is 0 Å². The molecular weight excluding hydrogens is 420 g/mol. The van der Waals surface area contributed by atoms with E-state index in [4.69, 9.17) is 23.5 Å². The van der Waals surface area contributed by atoms with Crippen molar-refractivity contribution in [3.8, 4) is 10.4 Å². The molecule has 0 aliphatic heterocycles. The summed E-state index contributed by atoms with van der Waals surface area (Å²) in [5.74, 6) is -0.314. The Balaban J connectivity index is 0.00000242. The van der Waals surface area contributed by atoms with Gasteiger partial charge in [-0.15, -0.1) is 0 Å². The molecule has 0 atom stereocenters. The maximum Gasteiger partial charge on any atom is 0.132 e. The molecule has 0 N–H and O–H groups in total. The SMILES string of the molecule is CC.CC.[B]/C(C=C)=C/C=C(C)/C(C=C)=C/C=C(\C)c1ccc(-c2cc([B])c([B])s2)c(F)c1. The van der Waals surface area contributed by atoms with E-state index in [1.165, 1.54) is 17.4 Å². The van der Waals surface area contributed by atoms with Crippen molar-refractivity contribution in [1.82, 2.24) is 0 Å². The first-order chi connectivity index (χ1) is 15.8. The van der Waals surface area contributed by atoms with Gasteiger partial charge in [0.2, 0.25) is 0 Å². The molecular formula is C28H32B3FS. The van der Waals surface area contributed by atoms with E-state index in [9.17, 15) is 4.39 Å². The van der Waals surface area contributed by atoms with Gasteiger partial charge >= 0.3 is 0 Å². The summed E-state index contributed by atoms with van der Waals surface area (Å²) in [4.78, 5) is 0.715. The Hall–Kier alpha value is -2.52. The summed E-state index contributed by atoms with van der Waals surface area (Å²) in [6.07, 6.45) is 10.9. The Morgan fingerprint density at radius 3 is 2.03 bits per heavy atom. The first-order valence-electron chi connectivity index (χ1n) is 11.0. The number of hydrogen-bond acceptors (Lipinski definition) is 1. The van der Waals surface area contributed by atoms with Gasteiger partial charge in [0.05, 0.1) is 0 Å². The minimum absolute atomic E-state index is 0.314. The minimum atomic E-state index is -0.314. The average molecular weight is 452 g/mol. The maximum atomic E-state index is 14.7. The predicted molar refractivity (Wildman–Crippen MR) is 153 cm³/mol. The van der Waals surface area contributed by atoms with E-state index in [1.807, 2.05) is 65.8 Å². The molecule has 5 heteroatoms. The molecule has 6 radical (unpaired) electrons. The number of hydrogen-bond donors (Lipinski definition) is 0. The highest BCUT2D eigenvalue weighted by Crippen LogP contribution is 2.28. The van der Waals surface area contributed by atoms with E-state index in [0.717, 1.165) is 22.3 Å². The highest BCUT2D eigenvalue weighted by atomic mass is 32.1. The summed E-state index contributed by atoms with van der Waals surface area (Å²) >= 11 is 1.28. The summed E-state index contributed by atoms with van der Waals surface area (Å²) in [5.41, 5.74) is 5.21. The third kappa shape index (κ3) is 9.47. The number of thiophene rings is 1. The van der Waals surface area contributed by atoms with Gasteiger partial charge < -0.3 is 0 Å².